The van der Waals surface area contributed by atoms with Gasteiger partial charge in [-0.1, -0.05) is 25.5 Å². The Morgan fingerprint density at radius 3 is 2.27 bits per heavy atom. The fraction of sp³-hybridized carbons (Fsp3) is 0.333. The Hall–Kier alpha value is -2.20. The zero-order chi connectivity index (χ0) is 15.6. The van der Waals surface area contributed by atoms with E-state index in [2.05, 4.69) is 22.5 Å². The number of hydrogen-bond donors (Lipinski definition) is 2. The molecule has 2 N–H and O–H groups in total. The fourth-order valence-electron chi connectivity index (χ4n) is 2.11. The van der Waals surface area contributed by atoms with E-state index in [1.807, 2.05) is 36.4 Å². The molecule has 0 aliphatic rings. The summed E-state index contributed by atoms with van der Waals surface area (Å²) in [7, 11) is 0. The summed E-state index contributed by atoms with van der Waals surface area (Å²) < 4.78 is 0. The zero-order valence-electron chi connectivity index (χ0n) is 13.0. The molecule has 116 valence electrons. The third-order valence-electron chi connectivity index (χ3n) is 3.44. The average molecular weight is 297 g/mol. The maximum absolute atomic E-state index is 11.9. The lowest BCUT2D eigenvalue weighted by molar-refractivity contribution is 0.0953. The minimum absolute atomic E-state index is 0.00439. The Kier molecular flexibility index (Phi) is 6.58. The Labute approximate surface area is 132 Å². The van der Waals surface area contributed by atoms with Crippen molar-refractivity contribution in [2.45, 2.75) is 32.9 Å². The van der Waals surface area contributed by atoms with Gasteiger partial charge in [-0.25, -0.2) is 0 Å². The minimum Gasteiger partial charge on any atom is -0.352 e. The normalized spacial score (nSPS) is 10.4. The van der Waals surface area contributed by atoms with Gasteiger partial charge < -0.3 is 10.6 Å². The molecule has 2 aromatic rings. The third kappa shape index (κ3) is 5.30. The van der Waals surface area contributed by atoms with Crippen LogP contribution in [-0.4, -0.2) is 17.4 Å². The molecule has 1 heterocycles. The molecular formula is C18H23N3O. The summed E-state index contributed by atoms with van der Waals surface area (Å²) in [5, 5.41) is 6.30. The first kappa shape index (κ1) is 16.2. The van der Waals surface area contributed by atoms with Crippen LogP contribution >= 0.6 is 0 Å². The number of amides is 1. The Morgan fingerprint density at radius 1 is 1.00 bits per heavy atom. The summed E-state index contributed by atoms with van der Waals surface area (Å²) in [4.78, 5) is 15.9. The van der Waals surface area contributed by atoms with Gasteiger partial charge in [-0.3, -0.25) is 9.78 Å². The molecule has 0 bridgehead atoms. The average Bonchev–Trinajstić information content (AvgIpc) is 2.56. The molecule has 0 aliphatic carbocycles. The molecule has 2 rings (SSSR count). The van der Waals surface area contributed by atoms with E-state index >= 15 is 0 Å². The number of carbonyl (C=O) groups excluding carboxylic acids is 1. The van der Waals surface area contributed by atoms with Crippen LogP contribution in [0.1, 0.15) is 41.3 Å². The summed E-state index contributed by atoms with van der Waals surface area (Å²) in [6.07, 6.45) is 5.69. The first-order valence-corrected chi connectivity index (χ1v) is 7.76. The van der Waals surface area contributed by atoms with E-state index < -0.39 is 0 Å². The van der Waals surface area contributed by atoms with Gasteiger partial charge in [-0.05, 0) is 41.8 Å². The molecule has 1 aromatic carbocycles. The second-order valence-corrected chi connectivity index (χ2v) is 5.27. The molecule has 0 saturated heterocycles. The molecule has 4 heteroatoms. The van der Waals surface area contributed by atoms with Crippen LogP contribution in [0.25, 0.3) is 0 Å². The lowest BCUT2D eigenvalue weighted by atomic mass is 10.1. The van der Waals surface area contributed by atoms with Crippen molar-refractivity contribution in [2.24, 2.45) is 0 Å². The Balaban J connectivity index is 1.78. The fourth-order valence-corrected chi connectivity index (χ4v) is 2.11. The van der Waals surface area contributed by atoms with Gasteiger partial charge in [0, 0.05) is 37.6 Å². The van der Waals surface area contributed by atoms with Crippen molar-refractivity contribution in [1.29, 1.82) is 0 Å². The molecule has 0 fully saturated rings. The van der Waals surface area contributed by atoms with Gasteiger partial charge in [-0.2, -0.15) is 0 Å². The number of carbonyl (C=O) groups is 1. The number of nitrogens with one attached hydrogen (secondary N) is 2. The predicted octanol–water partition coefficient (Wildman–Crippen LogP) is 2.90. The van der Waals surface area contributed by atoms with Gasteiger partial charge in [0.05, 0.1) is 0 Å². The van der Waals surface area contributed by atoms with Crippen LogP contribution in [-0.2, 0) is 13.1 Å². The summed E-state index contributed by atoms with van der Waals surface area (Å²) in [6.45, 7) is 4.44. The molecule has 22 heavy (non-hydrogen) atoms. The highest BCUT2D eigenvalue weighted by Crippen LogP contribution is 2.05. The summed E-state index contributed by atoms with van der Waals surface area (Å²) in [5.41, 5.74) is 3.09. The minimum atomic E-state index is 0.00439. The van der Waals surface area contributed by atoms with E-state index in [9.17, 15) is 4.79 Å². The third-order valence-corrected chi connectivity index (χ3v) is 3.44. The van der Waals surface area contributed by atoms with Crippen LogP contribution in [0.2, 0.25) is 0 Å². The molecule has 0 radical (unpaired) electrons. The molecular weight excluding hydrogens is 274 g/mol. The standard InChI is InChI=1S/C18H23N3O/c1-2-3-10-21-18(22)17-6-4-15(5-7-17)13-20-14-16-8-11-19-12-9-16/h4-9,11-12,20H,2-3,10,13-14H2,1H3,(H,21,22). The first-order chi connectivity index (χ1) is 10.8. The molecule has 1 aromatic heterocycles. The maximum Gasteiger partial charge on any atom is 0.251 e. The van der Waals surface area contributed by atoms with Crippen LogP contribution in [0.4, 0.5) is 0 Å². The van der Waals surface area contributed by atoms with Crippen molar-refractivity contribution < 1.29 is 4.79 Å². The second-order valence-electron chi connectivity index (χ2n) is 5.27. The first-order valence-electron chi connectivity index (χ1n) is 7.76. The highest BCUT2D eigenvalue weighted by molar-refractivity contribution is 5.94. The van der Waals surface area contributed by atoms with Gasteiger partial charge in [0.1, 0.15) is 0 Å². The highest BCUT2D eigenvalue weighted by Gasteiger charge is 2.04. The lowest BCUT2D eigenvalue weighted by Gasteiger charge is -2.07. The van der Waals surface area contributed by atoms with E-state index in [4.69, 9.17) is 0 Å². The largest absolute Gasteiger partial charge is 0.352 e. The van der Waals surface area contributed by atoms with Gasteiger partial charge in [0.2, 0.25) is 0 Å². The SMILES string of the molecule is CCCCNC(=O)c1ccc(CNCc2ccncc2)cc1. The van der Waals surface area contributed by atoms with Crippen molar-refractivity contribution >= 4 is 5.91 Å². The molecule has 4 nitrogen and oxygen atoms in total. The van der Waals surface area contributed by atoms with Crippen molar-refractivity contribution in [3.63, 3.8) is 0 Å². The van der Waals surface area contributed by atoms with Crippen LogP contribution in [0.3, 0.4) is 0 Å². The predicted molar refractivity (Wildman–Crippen MR) is 88.5 cm³/mol. The quantitative estimate of drug-likeness (QED) is 0.737. The van der Waals surface area contributed by atoms with E-state index in [1.54, 1.807) is 12.4 Å². The lowest BCUT2D eigenvalue weighted by Crippen LogP contribution is -2.24. The number of unbranched alkanes of at least 4 members (excludes halogenated alkanes) is 1. The van der Waals surface area contributed by atoms with Gasteiger partial charge in [-0.15, -0.1) is 0 Å². The number of aromatic nitrogens is 1. The zero-order valence-corrected chi connectivity index (χ0v) is 13.0. The van der Waals surface area contributed by atoms with E-state index in [0.29, 0.717) is 5.56 Å². The van der Waals surface area contributed by atoms with Gasteiger partial charge >= 0.3 is 0 Å². The number of benzene rings is 1. The van der Waals surface area contributed by atoms with Crippen molar-refractivity contribution in [1.82, 2.24) is 15.6 Å². The van der Waals surface area contributed by atoms with Crippen LogP contribution in [0, 0.1) is 0 Å². The summed E-state index contributed by atoms with van der Waals surface area (Å²) in [5.74, 6) is 0.00439. The Bertz CT molecular complexity index is 567. The number of rotatable bonds is 8. The van der Waals surface area contributed by atoms with Crippen molar-refractivity contribution in [3.05, 3.63) is 65.5 Å². The van der Waals surface area contributed by atoms with E-state index in [0.717, 1.165) is 32.5 Å². The number of nitrogens with zero attached hydrogens (tertiary/aromatic N) is 1. The number of pyridine rings is 1. The molecule has 0 saturated carbocycles. The molecule has 0 atom stereocenters. The van der Waals surface area contributed by atoms with E-state index in [1.165, 1.54) is 11.1 Å². The molecule has 0 aliphatic heterocycles. The topological polar surface area (TPSA) is 54.0 Å². The van der Waals surface area contributed by atoms with Crippen LogP contribution < -0.4 is 10.6 Å². The molecule has 0 spiro atoms. The van der Waals surface area contributed by atoms with Crippen molar-refractivity contribution in [2.75, 3.05) is 6.54 Å². The molecule has 1 amide bonds. The highest BCUT2D eigenvalue weighted by atomic mass is 16.1. The Morgan fingerprint density at radius 2 is 1.64 bits per heavy atom. The van der Waals surface area contributed by atoms with Crippen LogP contribution in [0.15, 0.2) is 48.8 Å². The van der Waals surface area contributed by atoms with Crippen LogP contribution in [0.5, 0.6) is 0 Å². The summed E-state index contributed by atoms with van der Waals surface area (Å²) >= 11 is 0. The smallest absolute Gasteiger partial charge is 0.251 e. The second kappa shape index (κ2) is 8.95. The summed E-state index contributed by atoms with van der Waals surface area (Å²) in [6, 6.07) is 11.7. The maximum atomic E-state index is 11.9. The van der Waals surface area contributed by atoms with E-state index in [-0.39, 0.29) is 5.91 Å². The van der Waals surface area contributed by atoms with Gasteiger partial charge in [0.15, 0.2) is 0 Å². The molecule has 0 unspecified atom stereocenters. The van der Waals surface area contributed by atoms with Gasteiger partial charge in [0.25, 0.3) is 5.91 Å². The van der Waals surface area contributed by atoms with Crippen molar-refractivity contribution in [3.8, 4) is 0 Å². The monoisotopic (exact) mass is 297 g/mol. The number of hydrogen-bond acceptors (Lipinski definition) is 3.